The summed E-state index contributed by atoms with van der Waals surface area (Å²) >= 11 is 13.6. The molecule has 0 bridgehead atoms. The zero-order chi connectivity index (χ0) is 13.1. The van der Waals surface area contributed by atoms with Crippen LogP contribution in [0.15, 0.2) is 29.6 Å². The van der Waals surface area contributed by atoms with Gasteiger partial charge in [0.15, 0.2) is 0 Å². The molecule has 0 aliphatic heterocycles. The molecule has 3 N–H and O–H groups in total. The van der Waals surface area contributed by atoms with Gasteiger partial charge >= 0.3 is 0 Å². The van der Waals surface area contributed by atoms with Crippen LogP contribution in [-0.2, 0) is 0 Å². The van der Waals surface area contributed by atoms with Crippen LogP contribution >= 0.6 is 34.5 Å². The van der Waals surface area contributed by atoms with E-state index in [1.807, 2.05) is 36.6 Å². The first-order valence-electron chi connectivity index (χ1n) is 5.57. The van der Waals surface area contributed by atoms with Gasteiger partial charge < -0.3 is 11.1 Å². The molecule has 0 aliphatic carbocycles. The Labute approximate surface area is 121 Å². The normalized spacial score (nSPS) is 12.4. The Balaban J connectivity index is 2.17. The van der Waals surface area contributed by atoms with Gasteiger partial charge in [0.05, 0.1) is 11.1 Å². The lowest BCUT2D eigenvalue weighted by molar-refractivity contribution is 0.806. The van der Waals surface area contributed by atoms with Crippen LogP contribution < -0.4 is 11.1 Å². The number of benzene rings is 1. The van der Waals surface area contributed by atoms with Crippen molar-refractivity contribution in [2.75, 3.05) is 11.9 Å². The SMILES string of the molecule is Cc1ccc(NC(CN)c2cc(Cl)cs2)cc1Cl. The minimum Gasteiger partial charge on any atom is -0.376 e. The molecule has 1 atom stereocenters. The predicted octanol–water partition coefficient (Wildman–Crippen LogP) is 4.48. The first-order chi connectivity index (χ1) is 8.60. The fraction of sp³-hybridized carbons (Fsp3) is 0.231. The average Bonchev–Trinajstić information content (AvgIpc) is 2.77. The van der Waals surface area contributed by atoms with Gasteiger partial charge in [-0.3, -0.25) is 0 Å². The summed E-state index contributed by atoms with van der Waals surface area (Å²) in [5, 5.41) is 6.77. The van der Waals surface area contributed by atoms with E-state index in [9.17, 15) is 0 Å². The van der Waals surface area contributed by atoms with E-state index in [0.29, 0.717) is 6.54 Å². The third kappa shape index (κ3) is 3.18. The van der Waals surface area contributed by atoms with Crippen molar-refractivity contribution in [1.82, 2.24) is 0 Å². The number of rotatable bonds is 4. The Morgan fingerprint density at radius 1 is 1.33 bits per heavy atom. The second-order valence-corrected chi connectivity index (χ2v) is 5.85. The standard InChI is InChI=1S/C13H14Cl2N2S/c1-8-2-3-10(5-11(8)15)17-12(6-16)13-4-9(14)7-18-13/h2-5,7,12,17H,6,16H2,1H3. The van der Waals surface area contributed by atoms with Crippen LogP contribution in [0.1, 0.15) is 16.5 Å². The summed E-state index contributed by atoms with van der Waals surface area (Å²) in [5.41, 5.74) is 7.82. The summed E-state index contributed by atoms with van der Waals surface area (Å²) in [6, 6.07) is 7.89. The fourth-order valence-electron chi connectivity index (χ4n) is 1.64. The summed E-state index contributed by atoms with van der Waals surface area (Å²) in [6.07, 6.45) is 0. The molecular formula is C13H14Cl2N2S. The first-order valence-corrected chi connectivity index (χ1v) is 7.20. The Bertz CT molecular complexity index is 540. The number of halogens is 2. The van der Waals surface area contributed by atoms with Crippen molar-refractivity contribution in [3.8, 4) is 0 Å². The third-order valence-corrected chi connectivity index (χ3v) is 4.48. The van der Waals surface area contributed by atoms with Crippen LogP contribution in [0.3, 0.4) is 0 Å². The zero-order valence-corrected chi connectivity index (χ0v) is 12.2. The van der Waals surface area contributed by atoms with Crippen molar-refractivity contribution < 1.29 is 0 Å². The van der Waals surface area contributed by atoms with Gasteiger partial charge in [0, 0.05) is 27.5 Å². The highest BCUT2D eigenvalue weighted by atomic mass is 35.5. The van der Waals surface area contributed by atoms with E-state index >= 15 is 0 Å². The highest BCUT2D eigenvalue weighted by Gasteiger charge is 2.12. The number of nitrogens with one attached hydrogen (secondary N) is 1. The Morgan fingerprint density at radius 3 is 2.67 bits per heavy atom. The lowest BCUT2D eigenvalue weighted by atomic mass is 10.2. The number of hydrogen-bond donors (Lipinski definition) is 2. The van der Waals surface area contributed by atoms with Gasteiger partial charge in [-0.1, -0.05) is 29.3 Å². The lowest BCUT2D eigenvalue weighted by Crippen LogP contribution is -2.19. The number of nitrogens with two attached hydrogens (primary N) is 1. The van der Waals surface area contributed by atoms with E-state index in [1.165, 1.54) is 0 Å². The van der Waals surface area contributed by atoms with E-state index in [4.69, 9.17) is 28.9 Å². The summed E-state index contributed by atoms with van der Waals surface area (Å²) in [7, 11) is 0. The van der Waals surface area contributed by atoms with Crippen LogP contribution in [0.25, 0.3) is 0 Å². The molecule has 2 nitrogen and oxygen atoms in total. The van der Waals surface area contributed by atoms with Gasteiger partial charge in [-0.25, -0.2) is 0 Å². The predicted molar refractivity (Wildman–Crippen MR) is 80.9 cm³/mol. The third-order valence-electron chi connectivity index (χ3n) is 2.68. The lowest BCUT2D eigenvalue weighted by Gasteiger charge is -2.17. The Morgan fingerprint density at radius 2 is 2.11 bits per heavy atom. The number of hydrogen-bond acceptors (Lipinski definition) is 3. The smallest absolute Gasteiger partial charge is 0.0729 e. The van der Waals surface area contributed by atoms with Gasteiger partial charge in [0.25, 0.3) is 0 Å². The molecule has 1 aromatic carbocycles. The van der Waals surface area contributed by atoms with Crippen molar-refractivity contribution in [2.24, 2.45) is 5.73 Å². The molecule has 0 radical (unpaired) electrons. The highest BCUT2D eigenvalue weighted by Crippen LogP contribution is 2.28. The van der Waals surface area contributed by atoms with Crippen LogP contribution in [0.5, 0.6) is 0 Å². The van der Waals surface area contributed by atoms with Crippen molar-refractivity contribution >= 4 is 40.2 Å². The first kappa shape index (κ1) is 13.7. The van der Waals surface area contributed by atoms with Gasteiger partial charge in [-0.05, 0) is 30.7 Å². The molecule has 1 aromatic heterocycles. The zero-order valence-electron chi connectivity index (χ0n) is 9.91. The molecule has 1 heterocycles. The van der Waals surface area contributed by atoms with Gasteiger partial charge in [-0.2, -0.15) is 0 Å². The molecule has 2 rings (SSSR count). The molecule has 0 amide bonds. The molecule has 1 unspecified atom stereocenters. The molecule has 0 spiro atoms. The second kappa shape index (κ2) is 5.93. The van der Waals surface area contributed by atoms with E-state index < -0.39 is 0 Å². The molecule has 0 aliphatic rings. The summed E-state index contributed by atoms with van der Waals surface area (Å²) < 4.78 is 0. The topological polar surface area (TPSA) is 38.0 Å². The number of aryl methyl sites for hydroxylation is 1. The highest BCUT2D eigenvalue weighted by molar-refractivity contribution is 7.10. The summed E-state index contributed by atoms with van der Waals surface area (Å²) in [5.74, 6) is 0. The molecule has 5 heteroatoms. The second-order valence-electron chi connectivity index (χ2n) is 4.06. The van der Waals surface area contributed by atoms with Crippen molar-refractivity contribution in [3.05, 3.63) is 50.1 Å². The maximum atomic E-state index is 6.10. The van der Waals surface area contributed by atoms with E-state index in [0.717, 1.165) is 26.2 Å². The summed E-state index contributed by atoms with van der Waals surface area (Å²) in [6.45, 7) is 2.48. The minimum absolute atomic E-state index is 0.0567. The van der Waals surface area contributed by atoms with E-state index in [-0.39, 0.29) is 6.04 Å². The molecule has 2 aromatic rings. The van der Waals surface area contributed by atoms with Gasteiger partial charge in [0.2, 0.25) is 0 Å². The molecule has 96 valence electrons. The number of thiophene rings is 1. The summed E-state index contributed by atoms with van der Waals surface area (Å²) in [4.78, 5) is 1.12. The molecule has 0 fully saturated rings. The van der Waals surface area contributed by atoms with Crippen molar-refractivity contribution in [1.29, 1.82) is 0 Å². The van der Waals surface area contributed by atoms with Crippen molar-refractivity contribution in [2.45, 2.75) is 13.0 Å². The molecular weight excluding hydrogens is 287 g/mol. The fourth-order valence-corrected chi connectivity index (χ4v) is 2.97. The van der Waals surface area contributed by atoms with Gasteiger partial charge in [0.1, 0.15) is 0 Å². The largest absolute Gasteiger partial charge is 0.376 e. The molecule has 0 saturated carbocycles. The molecule has 0 saturated heterocycles. The van der Waals surface area contributed by atoms with E-state index in [1.54, 1.807) is 11.3 Å². The Hall–Kier alpha value is -0.740. The van der Waals surface area contributed by atoms with Gasteiger partial charge in [-0.15, -0.1) is 11.3 Å². The van der Waals surface area contributed by atoms with Crippen LogP contribution in [0.2, 0.25) is 10.0 Å². The van der Waals surface area contributed by atoms with Crippen LogP contribution in [-0.4, -0.2) is 6.54 Å². The quantitative estimate of drug-likeness (QED) is 0.874. The minimum atomic E-state index is 0.0567. The maximum Gasteiger partial charge on any atom is 0.0729 e. The molecule has 18 heavy (non-hydrogen) atoms. The van der Waals surface area contributed by atoms with Crippen molar-refractivity contribution in [3.63, 3.8) is 0 Å². The van der Waals surface area contributed by atoms with Crippen LogP contribution in [0, 0.1) is 6.92 Å². The van der Waals surface area contributed by atoms with Crippen LogP contribution in [0.4, 0.5) is 5.69 Å². The monoisotopic (exact) mass is 300 g/mol. The van der Waals surface area contributed by atoms with E-state index in [2.05, 4.69) is 5.32 Å². The maximum absolute atomic E-state index is 6.10. The average molecular weight is 301 g/mol. The number of anilines is 1. The Kier molecular flexibility index (Phi) is 4.51.